The molecular formula is C25H25N3O4. The number of nitrogens with zero attached hydrogens (tertiary/aromatic N) is 1. The Balaban J connectivity index is 1.62. The molecule has 2 amide bonds. The van der Waals surface area contributed by atoms with E-state index in [-0.39, 0.29) is 12.5 Å². The molecule has 0 saturated carbocycles. The molecule has 0 saturated heterocycles. The monoisotopic (exact) mass is 431 g/mol. The molecule has 0 fully saturated rings. The van der Waals surface area contributed by atoms with Crippen molar-refractivity contribution in [2.75, 3.05) is 20.8 Å². The fourth-order valence-electron chi connectivity index (χ4n) is 3.21. The molecule has 0 aliphatic rings. The van der Waals surface area contributed by atoms with Crippen LogP contribution in [0, 0.1) is 0 Å². The van der Waals surface area contributed by atoms with Gasteiger partial charge in [0.25, 0.3) is 5.91 Å². The third-order valence-corrected chi connectivity index (χ3v) is 4.78. The average molecular weight is 431 g/mol. The van der Waals surface area contributed by atoms with E-state index < -0.39 is 11.8 Å². The van der Waals surface area contributed by atoms with Crippen LogP contribution in [0.5, 0.6) is 11.5 Å². The second-order valence-corrected chi connectivity index (χ2v) is 6.87. The van der Waals surface area contributed by atoms with E-state index in [0.717, 1.165) is 11.1 Å². The lowest BCUT2D eigenvalue weighted by molar-refractivity contribution is -0.126. The molecule has 0 unspecified atom stereocenters. The molecule has 0 heterocycles. The summed E-state index contributed by atoms with van der Waals surface area (Å²) in [6.45, 7) is -0.207. The quantitative estimate of drug-likeness (QED) is 0.403. The maximum Gasteiger partial charge on any atom is 0.259 e. The molecule has 0 radical (unpaired) electrons. The summed E-state index contributed by atoms with van der Waals surface area (Å²) < 4.78 is 10.5. The predicted octanol–water partition coefficient (Wildman–Crippen LogP) is 3.10. The van der Waals surface area contributed by atoms with Crippen LogP contribution in [0.25, 0.3) is 0 Å². The van der Waals surface area contributed by atoms with Gasteiger partial charge >= 0.3 is 0 Å². The van der Waals surface area contributed by atoms with Crippen molar-refractivity contribution in [2.24, 2.45) is 5.10 Å². The van der Waals surface area contributed by atoms with Crippen molar-refractivity contribution in [3.05, 3.63) is 95.6 Å². The van der Waals surface area contributed by atoms with Gasteiger partial charge in [0, 0.05) is 5.56 Å². The fraction of sp³-hybridized carbons (Fsp3) is 0.160. The van der Waals surface area contributed by atoms with E-state index in [1.54, 1.807) is 32.4 Å². The van der Waals surface area contributed by atoms with Crippen LogP contribution < -0.4 is 20.2 Å². The Bertz CT molecular complexity index is 1030. The van der Waals surface area contributed by atoms with Crippen LogP contribution in [0.1, 0.15) is 22.6 Å². The van der Waals surface area contributed by atoms with Crippen molar-refractivity contribution in [3.8, 4) is 11.5 Å². The molecule has 0 spiro atoms. The van der Waals surface area contributed by atoms with Gasteiger partial charge in [-0.05, 0) is 29.3 Å². The number of hydrazone groups is 1. The third kappa shape index (κ3) is 5.95. The maximum absolute atomic E-state index is 12.9. The van der Waals surface area contributed by atoms with Crippen molar-refractivity contribution in [1.29, 1.82) is 0 Å². The van der Waals surface area contributed by atoms with E-state index in [1.165, 1.54) is 6.21 Å². The van der Waals surface area contributed by atoms with Gasteiger partial charge in [0.15, 0.2) is 0 Å². The highest BCUT2D eigenvalue weighted by atomic mass is 16.5. The number of benzene rings is 3. The SMILES string of the molecule is COc1ccc(OC)c(C=NNC(=O)CNC(=O)C(c2ccccc2)c2ccccc2)c1. The number of amides is 2. The van der Waals surface area contributed by atoms with Crippen LogP contribution >= 0.6 is 0 Å². The molecule has 3 aromatic carbocycles. The first-order valence-electron chi connectivity index (χ1n) is 10.0. The van der Waals surface area contributed by atoms with Crippen LogP contribution in [-0.4, -0.2) is 38.8 Å². The Kier molecular flexibility index (Phi) is 7.97. The number of carbonyl (C=O) groups excluding carboxylic acids is 2. The number of hydrogen-bond donors (Lipinski definition) is 2. The zero-order chi connectivity index (χ0) is 22.8. The minimum Gasteiger partial charge on any atom is -0.497 e. The molecule has 0 aromatic heterocycles. The Morgan fingerprint density at radius 1 is 0.906 bits per heavy atom. The topological polar surface area (TPSA) is 89.0 Å². The summed E-state index contributed by atoms with van der Waals surface area (Å²) in [5.41, 5.74) is 4.75. The molecule has 0 bridgehead atoms. The maximum atomic E-state index is 12.9. The molecule has 0 aliphatic heterocycles. The number of ether oxygens (including phenoxy) is 2. The molecule has 0 aliphatic carbocycles. The minimum atomic E-state index is -0.519. The Morgan fingerprint density at radius 3 is 2.09 bits per heavy atom. The van der Waals surface area contributed by atoms with Crippen LogP contribution in [-0.2, 0) is 9.59 Å². The molecule has 7 nitrogen and oxygen atoms in total. The zero-order valence-corrected chi connectivity index (χ0v) is 17.9. The van der Waals surface area contributed by atoms with Crippen LogP contribution in [0.2, 0.25) is 0 Å². The highest BCUT2D eigenvalue weighted by Crippen LogP contribution is 2.24. The zero-order valence-electron chi connectivity index (χ0n) is 17.9. The number of carbonyl (C=O) groups is 2. The second-order valence-electron chi connectivity index (χ2n) is 6.87. The van der Waals surface area contributed by atoms with E-state index in [4.69, 9.17) is 9.47 Å². The molecule has 0 atom stereocenters. The van der Waals surface area contributed by atoms with E-state index in [9.17, 15) is 9.59 Å². The van der Waals surface area contributed by atoms with Crippen molar-refractivity contribution in [1.82, 2.24) is 10.7 Å². The first-order chi connectivity index (χ1) is 15.6. The molecular weight excluding hydrogens is 406 g/mol. The third-order valence-electron chi connectivity index (χ3n) is 4.78. The number of hydrogen-bond acceptors (Lipinski definition) is 5. The number of rotatable bonds is 9. The summed E-state index contributed by atoms with van der Waals surface area (Å²) in [7, 11) is 3.11. The standard InChI is InChI=1S/C25H25N3O4/c1-31-21-13-14-22(32-2)20(15-21)16-27-28-23(29)17-26-25(30)24(18-9-5-3-6-10-18)19-11-7-4-8-12-19/h3-16,24H,17H2,1-2H3,(H,26,30)(H,28,29). The van der Waals surface area contributed by atoms with Gasteiger partial charge < -0.3 is 14.8 Å². The van der Waals surface area contributed by atoms with Gasteiger partial charge in [-0.25, -0.2) is 5.43 Å². The van der Waals surface area contributed by atoms with Gasteiger partial charge in [0.2, 0.25) is 5.91 Å². The van der Waals surface area contributed by atoms with Crippen molar-refractivity contribution in [3.63, 3.8) is 0 Å². The summed E-state index contributed by atoms with van der Waals surface area (Å²) in [6, 6.07) is 24.1. The normalized spacial score (nSPS) is 10.7. The highest BCUT2D eigenvalue weighted by Gasteiger charge is 2.22. The van der Waals surface area contributed by atoms with Gasteiger partial charge in [0.05, 0.1) is 32.9 Å². The Hall–Kier alpha value is -4.13. The molecule has 3 rings (SSSR count). The van der Waals surface area contributed by atoms with E-state index in [0.29, 0.717) is 17.1 Å². The summed E-state index contributed by atoms with van der Waals surface area (Å²) in [5, 5.41) is 6.65. The predicted molar refractivity (Wildman–Crippen MR) is 123 cm³/mol. The first-order valence-corrected chi connectivity index (χ1v) is 10.0. The van der Waals surface area contributed by atoms with Crippen LogP contribution in [0.15, 0.2) is 84.0 Å². The van der Waals surface area contributed by atoms with E-state index >= 15 is 0 Å². The average Bonchev–Trinajstić information content (AvgIpc) is 2.84. The number of nitrogens with one attached hydrogen (secondary N) is 2. The summed E-state index contributed by atoms with van der Waals surface area (Å²) >= 11 is 0. The first kappa shape index (κ1) is 22.6. The van der Waals surface area contributed by atoms with Gasteiger partial charge in [-0.3, -0.25) is 9.59 Å². The van der Waals surface area contributed by atoms with Crippen LogP contribution in [0.4, 0.5) is 0 Å². The molecule has 32 heavy (non-hydrogen) atoms. The lowest BCUT2D eigenvalue weighted by Crippen LogP contribution is -2.37. The van der Waals surface area contributed by atoms with Gasteiger partial charge in [-0.2, -0.15) is 5.10 Å². The molecule has 164 valence electrons. The van der Waals surface area contributed by atoms with Gasteiger partial charge in [0.1, 0.15) is 11.5 Å². The second kappa shape index (κ2) is 11.3. The van der Waals surface area contributed by atoms with E-state index in [2.05, 4.69) is 15.8 Å². The largest absolute Gasteiger partial charge is 0.497 e. The summed E-state index contributed by atoms with van der Waals surface area (Å²) in [6.07, 6.45) is 1.46. The Morgan fingerprint density at radius 2 is 1.53 bits per heavy atom. The van der Waals surface area contributed by atoms with Gasteiger partial charge in [-0.15, -0.1) is 0 Å². The van der Waals surface area contributed by atoms with Gasteiger partial charge in [-0.1, -0.05) is 60.7 Å². The van der Waals surface area contributed by atoms with Crippen molar-refractivity contribution in [2.45, 2.75) is 5.92 Å². The lowest BCUT2D eigenvalue weighted by atomic mass is 9.90. The van der Waals surface area contributed by atoms with E-state index in [1.807, 2.05) is 60.7 Å². The molecule has 3 aromatic rings. The minimum absolute atomic E-state index is 0.207. The van der Waals surface area contributed by atoms with Crippen LogP contribution in [0.3, 0.4) is 0 Å². The Labute approximate surface area is 187 Å². The van der Waals surface area contributed by atoms with Crippen molar-refractivity contribution < 1.29 is 19.1 Å². The summed E-state index contributed by atoms with van der Waals surface area (Å²) in [4.78, 5) is 25.2. The lowest BCUT2D eigenvalue weighted by Gasteiger charge is -2.17. The van der Waals surface area contributed by atoms with Crippen molar-refractivity contribution >= 4 is 18.0 Å². The fourth-order valence-corrected chi connectivity index (χ4v) is 3.21. The highest BCUT2D eigenvalue weighted by molar-refractivity contribution is 5.91. The summed E-state index contributed by atoms with van der Waals surface area (Å²) in [5.74, 6) is -0.00792. The number of methoxy groups -OCH3 is 2. The smallest absolute Gasteiger partial charge is 0.259 e. The molecule has 7 heteroatoms. The molecule has 2 N–H and O–H groups in total.